The summed E-state index contributed by atoms with van der Waals surface area (Å²) in [7, 11) is 1.76. The third kappa shape index (κ3) is 4.17. The molecular formula is C24H20Cl2N2O3. The van der Waals surface area contributed by atoms with Crippen LogP contribution in [0.4, 0.5) is 5.69 Å². The molecule has 5 nitrogen and oxygen atoms in total. The Hall–Kier alpha value is -2.86. The van der Waals surface area contributed by atoms with Gasteiger partial charge in [-0.15, -0.1) is 0 Å². The molecule has 2 aromatic heterocycles. The van der Waals surface area contributed by atoms with Crippen molar-refractivity contribution in [3.8, 4) is 22.4 Å². The van der Waals surface area contributed by atoms with Crippen molar-refractivity contribution >= 4 is 46.3 Å². The summed E-state index contributed by atoms with van der Waals surface area (Å²) in [4.78, 5) is 16.0. The number of furan rings is 1. The van der Waals surface area contributed by atoms with E-state index in [9.17, 15) is 9.90 Å². The van der Waals surface area contributed by atoms with E-state index in [1.807, 2.05) is 54.6 Å². The Kier molecular flexibility index (Phi) is 5.75. The number of hydrogen-bond acceptors (Lipinski definition) is 5. The van der Waals surface area contributed by atoms with E-state index in [0.29, 0.717) is 39.2 Å². The Bertz CT molecular complexity index is 1260. The average molecular weight is 455 g/mol. The van der Waals surface area contributed by atoms with Crippen molar-refractivity contribution in [1.29, 1.82) is 0 Å². The molecule has 0 radical (unpaired) electrons. The molecule has 0 saturated heterocycles. The number of carbonyl (C=O) groups excluding carboxylic acids is 1. The van der Waals surface area contributed by atoms with E-state index in [4.69, 9.17) is 32.6 Å². The molecule has 0 bridgehead atoms. The molecule has 0 spiro atoms. The summed E-state index contributed by atoms with van der Waals surface area (Å²) in [5.74, 6) is 0.445. The summed E-state index contributed by atoms with van der Waals surface area (Å²) < 4.78 is 5.98. The topological polar surface area (TPSA) is 75.4 Å². The molecule has 1 atom stereocenters. The van der Waals surface area contributed by atoms with Gasteiger partial charge in [-0.3, -0.25) is 0 Å². The quantitative estimate of drug-likeness (QED) is 0.349. The fraction of sp³-hybridized carbons (Fsp3) is 0.167. The van der Waals surface area contributed by atoms with Crippen LogP contribution in [0, 0.1) is 0 Å². The van der Waals surface area contributed by atoms with E-state index in [2.05, 4.69) is 5.32 Å². The van der Waals surface area contributed by atoms with Gasteiger partial charge in [-0.2, -0.15) is 0 Å². The lowest BCUT2D eigenvalue weighted by molar-refractivity contribution is -0.122. The minimum absolute atomic E-state index is 0.0146. The Morgan fingerprint density at radius 2 is 1.84 bits per heavy atom. The molecule has 0 aliphatic carbocycles. The number of anilines is 1. The Morgan fingerprint density at radius 1 is 1.13 bits per heavy atom. The van der Waals surface area contributed by atoms with Gasteiger partial charge in [-0.05, 0) is 36.8 Å². The highest BCUT2D eigenvalue weighted by atomic mass is 35.5. The molecule has 1 unspecified atom stereocenters. The number of halogens is 2. The van der Waals surface area contributed by atoms with Crippen molar-refractivity contribution in [2.45, 2.75) is 18.9 Å². The molecule has 2 aromatic carbocycles. The number of carbonyl (C=O) groups is 1. The Labute approximate surface area is 189 Å². The minimum Gasteiger partial charge on any atom is -0.440 e. The molecule has 0 fully saturated rings. The van der Waals surface area contributed by atoms with Gasteiger partial charge in [0.1, 0.15) is 11.4 Å². The summed E-state index contributed by atoms with van der Waals surface area (Å²) in [6, 6.07) is 16.9. The maximum Gasteiger partial charge on any atom is 0.229 e. The molecule has 0 amide bonds. The third-order valence-electron chi connectivity index (χ3n) is 5.06. The van der Waals surface area contributed by atoms with E-state index in [0.717, 1.165) is 22.1 Å². The van der Waals surface area contributed by atoms with Crippen LogP contribution in [0.3, 0.4) is 0 Å². The molecule has 0 aliphatic rings. The van der Waals surface area contributed by atoms with E-state index in [1.54, 1.807) is 7.05 Å². The zero-order valence-corrected chi connectivity index (χ0v) is 18.5. The zero-order chi connectivity index (χ0) is 22.2. The second kappa shape index (κ2) is 8.35. The van der Waals surface area contributed by atoms with Crippen LogP contribution in [-0.2, 0) is 11.2 Å². The fourth-order valence-corrected chi connectivity index (χ4v) is 3.90. The SMILES string of the molecule is CNc1c(CC(C)(O)C=O)oc2nc(-c3ccccc3Cl)c(-c3ccc(Cl)cc3)cc12. The second-order valence-electron chi connectivity index (χ2n) is 7.53. The lowest BCUT2D eigenvalue weighted by atomic mass is 9.97. The molecule has 7 heteroatoms. The number of aliphatic hydroxyl groups is 1. The van der Waals surface area contributed by atoms with Crippen molar-refractivity contribution in [2.75, 3.05) is 12.4 Å². The minimum atomic E-state index is -1.55. The molecular weight excluding hydrogens is 435 g/mol. The van der Waals surface area contributed by atoms with Crippen molar-refractivity contribution in [2.24, 2.45) is 0 Å². The summed E-state index contributed by atoms with van der Waals surface area (Å²) in [5, 5.41) is 15.3. The van der Waals surface area contributed by atoms with Crippen LogP contribution in [0.5, 0.6) is 0 Å². The number of rotatable bonds is 6. The summed E-state index contributed by atoms with van der Waals surface area (Å²) >= 11 is 12.6. The molecule has 2 heterocycles. The van der Waals surface area contributed by atoms with Crippen LogP contribution < -0.4 is 5.32 Å². The van der Waals surface area contributed by atoms with Gasteiger partial charge >= 0.3 is 0 Å². The number of aldehydes is 1. The van der Waals surface area contributed by atoms with Crippen molar-refractivity contribution < 1.29 is 14.3 Å². The number of nitrogens with zero attached hydrogens (tertiary/aromatic N) is 1. The first-order chi connectivity index (χ1) is 14.8. The predicted octanol–water partition coefficient (Wildman–Crippen LogP) is 6.00. The standard InChI is InChI=1S/C24H20Cl2N2O3/c1-24(30,13-29)12-20-22(27-2)18-11-17(14-7-9-15(25)10-8-14)21(28-23(18)31-20)16-5-3-4-6-19(16)26/h3-11,13,27,30H,12H2,1-2H3. The van der Waals surface area contributed by atoms with Gasteiger partial charge in [0.25, 0.3) is 0 Å². The normalized spacial score (nSPS) is 13.2. The third-order valence-corrected chi connectivity index (χ3v) is 5.64. The fourth-order valence-electron chi connectivity index (χ4n) is 3.54. The highest BCUT2D eigenvalue weighted by Gasteiger charge is 2.27. The van der Waals surface area contributed by atoms with Crippen LogP contribution >= 0.6 is 23.2 Å². The van der Waals surface area contributed by atoms with Gasteiger partial charge in [-0.25, -0.2) is 4.98 Å². The largest absolute Gasteiger partial charge is 0.440 e. The first kappa shape index (κ1) is 21.4. The van der Waals surface area contributed by atoms with E-state index < -0.39 is 5.60 Å². The van der Waals surface area contributed by atoms with Crippen molar-refractivity contribution in [3.05, 3.63) is 70.4 Å². The van der Waals surface area contributed by atoms with Gasteiger partial charge in [0.15, 0.2) is 6.29 Å². The molecule has 2 N–H and O–H groups in total. The first-order valence-corrected chi connectivity index (χ1v) is 10.4. The maximum atomic E-state index is 11.2. The summed E-state index contributed by atoms with van der Waals surface area (Å²) in [5.41, 5.74) is 2.69. The van der Waals surface area contributed by atoms with Crippen molar-refractivity contribution in [3.63, 3.8) is 0 Å². The van der Waals surface area contributed by atoms with Gasteiger partial charge in [0, 0.05) is 34.6 Å². The maximum absolute atomic E-state index is 11.2. The highest BCUT2D eigenvalue weighted by molar-refractivity contribution is 6.33. The number of fused-ring (bicyclic) bond motifs is 1. The lowest BCUT2D eigenvalue weighted by Crippen LogP contribution is -2.28. The smallest absolute Gasteiger partial charge is 0.229 e. The van der Waals surface area contributed by atoms with Gasteiger partial charge in [-0.1, -0.05) is 53.5 Å². The lowest BCUT2D eigenvalue weighted by Gasteiger charge is -2.14. The van der Waals surface area contributed by atoms with Gasteiger partial charge in [0.2, 0.25) is 5.71 Å². The first-order valence-electron chi connectivity index (χ1n) is 9.66. The monoisotopic (exact) mass is 454 g/mol. The number of pyridine rings is 1. The predicted molar refractivity (Wildman–Crippen MR) is 125 cm³/mol. The molecule has 4 aromatic rings. The number of nitrogens with one attached hydrogen (secondary N) is 1. The Morgan fingerprint density at radius 3 is 2.48 bits per heavy atom. The molecule has 4 rings (SSSR count). The van der Waals surface area contributed by atoms with Crippen molar-refractivity contribution in [1.82, 2.24) is 4.98 Å². The van der Waals surface area contributed by atoms with E-state index in [1.165, 1.54) is 6.92 Å². The average Bonchev–Trinajstić information content (AvgIpc) is 3.09. The number of benzene rings is 2. The van der Waals surface area contributed by atoms with E-state index >= 15 is 0 Å². The summed E-state index contributed by atoms with van der Waals surface area (Å²) in [6.07, 6.45) is 0.516. The number of hydrogen-bond donors (Lipinski definition) is 2. The highest BCUT2D eigenvalue weighted by Crippen LogP contribution is 2.40. The molecule has 0 aliphatic heterocycles. The summed E-state index contributed by atoms with van der Waals surface area (Å²) in [6.45, 7) is 1.44. The van der Waals surface area contributed by atoms with Crippen LogP contribution in [0.2, 0.25) is 10.0 Å². The number of aromatic nitrogens is 1. The molecule has 0 saturated carbocycles. The Balaban J connectivity index is 2.00. The van der Waals surface area contributed by atoms with Crippen LogP contribution in [-0.4, -0.2) is 29.0 Å². The second-order valence-corrected chi connectivity index (χ2v) is 8.37. The zero-order valence-electron chi connectivity index (χ0n) is 16.9. The van der Waals surface area contributed by atoms with Crippen LogP contribution in [0.25, 0.3) is 33.5 Å². The molecule has 31 heavy (non-hydrogen) atoms. The molecule has 158 valence electrons. The van der Waals surface area contributed by atoms with Crippen LogP contribution in [0.1, 0.15) is 12.7 Å². The van der Waals surface area contributed by atoms with Gasteiger partial charge < -0.3 is 19.6 Å². The van der Waals surface area contributed by atoms with Crippen LogP contribution in [0.15, 0.2) is 59.0 Å². The van der Waals surface area contributed by atoms with Gasteiger partial charge in [0.05, 0.1) is 16.8 Å². The van der Waals surface area contributed by atoms with E-state index in [-0.39, 0.29) is 6.42 Å².